The number of hydrogen-bond acceptors (Lipinski definition) is 5. The molecule has 2 heterocycles. The number of rotatable bonds is 8. The number of nitrogens with zero attached hydrogens (tertiary/aromatic N) is 2. The van der Waals surface area contributed by atoms with Crippen LogP contribution in [0.1, 0.15) is 26.5 Å². The van der Waals surface area contributed by atoms with Gasteiger partial charge in [0.15, 0.2) is 5.82 Å². The summed E-state index contributed by atoms with van der Waals surface area (Å²) >= 11 is 0. The highest BCUT2D eigenvalue weighted by molar-refractivity contribution is 6.76. The van der Waals surface area contributed by atoms with Crippen molar-refractivity contribution in [1.82, 2.24) is 9.55 Å². The largest absolute Gasteiger partial charge is 0.456 e. The van der Waals surface area contributed by atoms with E-state index in [-0.39, 0.29) is 5.69 Å². The topological polar surface area (TPSA) is 74.6 Å². The maximum absolute atomic E-state index is 14.6. The summed E-state index contributed by atoms with van der Waals surface area (Å²) in [5.74, 6) is 0.232. The van der Waals surface area contributed by atoms with Gasteiger partial charge in [0.25, 0.3) is 0 Å². The van der Waals surface area contributed by atoms with E-state index in [0.717, 1.165) is 22.8 Å². The van der Waals surface area contributed by atoms with Crippen molar-refractivity contribution in [2.75, 3.05) is 11.9 Å². The average molecular weight is 488 g/mol. The Balaban J connectivity index is 1.74. The molecule has 0 bridgehead atoms. The number of fused-ring (bicyclic) bond motifs is 1. The Kier molecular flexibility index (Phi) is 7.67. The summed E-state index contributed by atoms with van der Waals surface area (Å²) in [6.45, 7) is 15.3. The lowest BCUT2D eigenvalue weighted by Crippen LogP contribution is -2.27. The third-order valence-electron chi connectivity index (χ3n) is 4.98. The molecule has 3 rings (SSSR count). The molecular weight excluding hydrogens is 453 g/mol. The smallest absolute Gasteiger partial charge is 0.412 e. The molecule has 1 amide bonds. The Morgan fingerprint density at radius 3 is 2.56 bits per heavy atom. The molecule has 0 saturated heterocycles. The van der Waals surface area contributed by atoms with Crippen LogP contribution in [0.4, 0.5) is 14.9 Å². The van der Waals surface area contributed by atoms with E-state index in [1.165, 1.54) is 12.1 Å². The van der Waals surface area contributed by atoms with Gasteiger partial charge in [-0.15, -0.1) is 0 Å². The molecule has 9 heteroatoms. The number of pyridine rings is 1. The number of ether oxygens (including phenoxy) is 3. The van der Waals surface area contributed by atoms with Crippen molar-refractivity contribution < 1.29 is 23.4 Å². The number of carbonyl (C=O) groups is 1. The number of aryl methyl sites for hydroxylation is 1. The number of amides is 1. The Labute approximate surface area is 201 Å². The van der Waals surface area contributed by atoms with E-state index in [0.29, 0.717) is 24.8 Å². The second kappa shape index (κ2) is 10.1. The standard InChI is InChI=1S/C25H34FN3O4Si/c1-17-14-19-22(10-11-27-23(19)29(17)16-31-12-13-34(5,6)7)32-18-8-9-21(20(26)15-18)28-24(30)33-25(2,3)4/h8-11,14-15H,12-13,16H2,1-7H3,(H,28,30). The molecule has 0 aliphatic heterocycles. The molecule has 0 aliphatic carbocycles. The predicted octanol–water partition coefficient (Wildman–Crippen LogP) is 6.94. The van der Waals surface area contributed by atoms with Crippen molar-refractivity contribution in [3.05, 3.63) is 48.0 Å². The zero-order valence-corrected chi connectivity index (χ0v) is 22.0. The fourth-order valence-corrected chi connectivity index (χ4v) is 3.99. The quantitative estimate of drug-likeness (QED) is 0.275. The zero-order valence-electron chi connectivity index (χ0n) is 21.0. The van der Waals surface area contributed by atoms with Gasteiger partial charge in [-0.1, -0.05) is 19.6 Å². The molecule has 0 saturated carbocycles. The maximum Gasteiger partial charge on any atom is 0.412 e. The first-order valence-electron chi connectivity index (χ1n) is 11.3. The van der Waals surface area contributed by atoms with Crippen molar-refractivity contribution >= 4 is 30.9 Å². The third-order valence-corrected chi connectivity index (χ3v) is 6.69. The van der Waals surface area contributed by atoms with Gasteiger partial charge in [0.1, 0.15) is 29.5 Å². The summed E-state index contributed by atoms with van der Waals surface area (Å²) in [6.07, 6.45) is 0.935. The summed E-state index contributed by atoms with van der Waals surface area (Å²) in [5, 5.41) is 3.23. The monoisotopic (exact) mass is 487 g/mol. The Morgan fingerprint density at radius 2 is 1.91 bits per heavy atom. The molecule has 34 heavy (non-hydrogen) atoms. The van der Waals surface area contributed by atoms with Crippen molar-refractivity contribution in [2.24, 2.45) is 0 Å². The van der Waals surface area contributed by atoms with Crippen LogP contribution in [-0.2, 0) is 16.2 Å². The van der Waals surface area contributed by atoms with Crippen molar-refractivity contribution in [3.63, 3.8) is 0 Å². The third kappa shape index (κ3) is 7.04. The molecule has 0 atom stereocenters. The van der Waals surface area contributed by atoms with E-state index in [1.807, 2.05) is 17.6 Å². The highest BCUT2D eigenvalue weighted by atomic mass is 28.3. The summed E-state index contributed by atoms with van der Waals surface area (Å²) < 4.78 is 33.7. The molecule has 1 N–H and O–H groups in total. The van der Waals surface area contributed by atoms with Crippen LogP contribution in [0.2, 0.25) is 25.7 Å². The van der Waals surface area contributed by atoms with Gasteiger partial charge in [-0.25, -0.2) is 14.2 Å². The highest BCUT2D eigenvalue weighted by Gasteiger charge is 2.18. The number of hydrogen-bond donors (Lipinski definition) is 1. The first kappa shape index (κ1) is 25.7. The van der Waals surface area contributed by atoms with Gasteiger partial charge in [-0.2, -0.15) is 0 Å². The zero-order chi connectivity index (χ0) is 25.1. The Bertz CT molecular complexity index is 1170. The summed E-state index contributed by atoms with van der Waals surface area (Å²) in [5.41, 5.74) is 1.07. The number of carbonyl (C=O) groups excluding carboxylic acids is 1. The Morgan fingerprint density at radius 1 is 1.18 bits per heavy atom. The van der Waals surface area contributed by atoms with Gasteiger partial charge in [-0.3, -0.25) is 5.32 Å². The molecule has 3 aromatic rings. The van der Waals surface area contributed by atoms with Crippen LogP contribution in [0.15, 0.2) is 36.5 Å². The second-order valence-corrected chi connectivity index (χ2v) is 16.1. The van der Waals surface area contributed by atoms with Gasteiger partial charge < -0.3 is 18.8 Å². The minimum atomic E-state index is -1.16. The number of nitrogens with one attached hydrogen (secondary N) is 1. The van der Waals surface area contributed by atoms with Crippen LogP contribution < -0.4 is 10.1 Å². The minimum absolute atomic E-state index is 0.0129. The van der Waals surface area contributed by atoms with Crippen molar-refractivity contribution in [2.45, 2.75) is 65.7 Å². The molecule has 2 aromatic heterocycles. The Hall–Kier alpha value is -2.91. The van der Waals surface area contributed by atoms with E-state index < -0.39 is 25.6 Å². The van der Waals surface area contributed by atoms with Gasteiger partial charge in [0.05, 0.1) is 11.1 Å². The fraction of sp³-hybridized carbons (Fsp3) is 0.440. The van der Waals surface area contributed by atoms with Gasteiger partial charge >= 0.3 is 6.09 Å². The molecule has 0 aliphatic rings. The summed E-state index contributed by atoms with van der Waals surface area (Å²) in [7, 11) is -1.16. The summed E-state index contributed by atoms with van der Waals surface area (Å²) in [6, 6.07) is 9.07. The highest BCUT2D eigenvalue weighted by Crippen LogP contribution is 2.32. The van der Waals surface area contributed by atoms with Crippen LogP contribution in [0.3, 0.4) is 0 Å². The molecular formula is C25H34FN3O4Si. The van der Waals surface area contributed by atoms with Gasteiger partial charge in [-0.05, 0) is 58.0 Å². The molecule has 0 radical (unpaired) electrons. The number of anilines is 1. The van der Waals surface area contributed by atoms with Crippen LogP contribution in [0, 0.1) is 12.7 Å². The van der Waals surface area contributed by atoms with Crippen molar-refractivity contribution in [3.8, 4) is 11.5 Å². The van der Waals surface area contributed by atoms with Crippen LogP contribution >= 0.6 is 0 Å². The molecule has 184 valence electrons. The van der Waals surface area contributed by atoms with Crippen LogP contribution in [-0.4, -0.2) is 35.9 Å². The molecule has 0 spiro atoms. The van der Waals surface area contributed by atoms with Gasteiger partial charge in [0, 0.05) is 32.6 Å². The van der Waals surface area contributed by atoms with E-state index in [9.17, 15) is 9.18 Å². The normalized spacial score (nSPS) is 12.1. The first-order valence-corrected chi connectivity index (χ1v) is 15.0. The van der Waals surface area contributed by atoms with Gasteiger partial charge in [0.2, 0.25) is 0 Å². The van der Waals surface area contributed by atoms with E-state index in [4.69, 9.17) is 14.2 Å². The minimum Gasteiger partial charge on any atom is -0.456 e. The van der Waals surface area contributed by atoms with Crippen LogP contribution in [0.25, 0.3) is 11.0 Å². The lowest BCUT2D eigenvalue weighted by atomic mass is 10.2. The maximum atomic E-state index is 14.6. The number of halogens is 1. The second-order valence-electron chi connectivity index (χ2n) is 10.5. The molecule has 7 nitrogen and oxygen atoms in total. The lowest BCUT2D eigenvalue weighted by molar-refractivity contribution is 0.0635. The van der Waals surface area contributed by atoms with E-state index >= 15 is 0 Å². The number of benzene rings is 1. The van der Waals surface area contributed by atoms with Crippen LogP contribution in [0.5, 0.6) is 11.5 Å². The first-order chi connectivity index (χ1) is 15.8. The lowest BCUT2D eigenvalue weighted by Gasteiger charge is -2.19. The van der Waals surface area contributed by atoms with E-state index in [2.05, 4.69) is 29.9 Å². The van der Waals surface area contributed by atoms with Crippen molar-refractivity contribution in [1.29, 1.82) is 0 Å². The predicted molar refractivity (Wildman–Crippen MR) is 135 cm³/mol. The molecule has 1 aromatic carbocycles. The average Bonchev–Trinajstić information content (AvgIpc) is 3.01. The molecule has 0 unspecified atom stereocenters. The number of aromatic nitrogens is 2. The fourth-order valence-electron chi connectivity index (χ4n) is 3.24. The van der Waals surface area contributed by atoms with E-state index in [1.54, 1.807) is 39.1 Å². The SMILES string of the molecule is Cc1cc2c(Oc3ccc(NC(=O)OC(C)(C)C)c(F)c3)ccnc2n1COCC[Si](C)(C)C. The molecule has 0 fully saturated rings. The summed E-state index contributed by atoms with van der Waals surface area (Å²) in [4.78, 5) is 16.4.